The summed E-state index contributed by atoms with van der Waals surface area (Å²) in [5.74, 6) is 0.316. The Balaban J connectivity index is 1.69. The predicted molar refractivity (Wildman–Crippen MR) is 77.1 cm³/mol. The van der Waals surface area contributed by atoms with Gasteiger partial charge in [-0.1, -0.05) is 18.9 Å². The Morgan fingerprint density at radius 2 is 2.14 bits per heavy atom. The summed E-state index contributed by atoms with van der Waals surface area (Å²) in [7, 11) is 0. The average Bonchev–Trinajstić information content (AvgIpc) is 3.17. The number of nitrogens with zero attached hydrogens (tertiary/aromatic N) is 3. The Morgan fingerprint density at radius 1 is 1.33 bits per heavy atom. The van der Waals surface area contributed by atoms with Gasteiger partial charge in [-0.25, -0.2) is 9.67 Å². The third kappa shape index (κ3) is 3.11. The quantitative estimate of drug-likeness (QED) is 0.888. The van der Waals surface area contributed by atoms with E-state index in [1.807, 2.05) is 0 Å². The second-order valence-electron chi connectivity index (χ2n) is 5.45. The SMILES string of the molecule is O=C(NCC1(O)CCCC1)c1cccc(-n2cccn2)n1. The van der Waals surface area contributed by atoms with Gasteiger partial charge in [0.1, 0.15) is 5.69 Å². The Morgan fingerprint density at radius 3 is 2.86 bits per heavy atom. The fourth-order valence-corrected chi connectivity index (χ4v) is 2.63. The van der Waals surface area contributed by atoms with Crippen molar-refractivity contribution in [2.45, 2.75) is 31.3 Å². The van der Waals surface area contributed by atoms with Gasteiger partial charge in [-0.05, 0) is 31.0 Å². The van der Waals surface area contributed by atoms with Gasteiger partial charge in [-0.3, -0.25) is 4.79 Å². The molecule has 2 aromatic heterocycles. The van der Waals surface area contributed by atoms with Gasteiger partial charge in [-0.15, -0.1) is 0 Å². The number of carbonyl (C=O) groups is 1. The molecule has 1 aliphatic carbocycles. The van der Waals surface area contributed by atoms with Crippen molar-refractivity contribution in [2.24, 2.45) is 0 Å². The van der Waals surface area contributed by atoms with Gasteiger partial charge in [-0.2, -0.15) is 5.10 Å². The van der Waals surface area contributed by atoms with E-state index in [9.17, 15) is 9.90 Å². The Bertz CT molecular complexity index is 618. The molecule has 0 aliphatic heterocycles. The Labute approximate surface area is 122 Å². The molecule has 6 nitrogen and oxygen atoms in total. The number of pyridine rings is 1. The highest BCUT2D eigenvalue weighted by Gasteiger charge is 2.31. The van der Waals surface area contributed by atoms with Crippen LogP contribution in [0.25, 0.3) is 5.82 Å². The van der Waals surface area contributed by atoms with Crippen LogP contribution in [0.2, 0.25) is 0 Å². The molecule has 3 rings (SSSR count). The maximum absolute atomic E-state index is 12.2. The standard InChI is InChI=1S/C15H18N4O2/c20-14(16-11-15(21)7-1-2-8-15)12-5-3-6-13(18-12)19-10-4-9-17-19/h3-6,9-10,21H,1-2,7-8,11H2,(H,16,20). The lowest BCUT2D eigenvalue weighted by molar-refractivity contribution is 0.0448. The molecule has 0 unspecified atom stereocenters. The molecule has 2 heterocycles. The van der Waals surface area contributed by atoms with Crippen molar-refractivity contribution in [1.29, 1.82) is 0 Å². The van der Waals surface area contributed by atoms with Crippen LogP contribution in [0.1, 0.15) is 36.2 Å². The number of carbonyl (C=O) groups excluding carboxylic acids is 1. The van der Waals surface area contributed by atoms with E-state index in [0.29, 0.717) is 11.5 Å². The minimum Gasteiger partial charge on any atom is -0.388 e. The topological polar surface area (TPSA) is 80.0 Å². The van der Waals surface area contributed by atoms with Gasteiger partial charge in [0.15, 0.2) is 5.82 Å². The number of rotatable bonds is 4. The van der Waals surface area contributed by atoms with Crippen LogP contribution in [0.5, 0.6) is 0 Å². The van der Waals surface area contributed by atoms with Crippen LogP contribution in [0.4, 0.5) is 0 Å². The summed E-state index contributed by atoms with van der Waals surface area (Å²) in [6.45, 7) is 0.277. The summed E-state index contributed by atoms with van der Waals surface area (Å²) in [6, 6.07) is 7.00. The van der Waals surface area contributed by atoms with Gasteiger partial charge >= 0.3 is 0 Å². The van der Waals surface area contributed by atoms with Gasteiger partial charge in [0, 0.05) is 18.9 Å². The lowest BCUT2D eigenvalue weighted by atomic mass is 10.0. The molecule has 110 valence electrons. The lowest BCUT2D eigenvalue weighted by Crippen LogP contribution is -2.41. The first kappa shape index (κ1) is 13.8. The average molecular weight is 286 g/mol. The molecular weight excluding hydrogens is 268 g/mol. The molecule has 0 radical (unpaired) electrons. The molecule has 0 atom stereocenters. The van der Waals surface area contributed by atoms with E-state index in [1.165, 1.54) is 0 Å². The fourth-order valence-electron chi connectivity index (χ4n) is 2.63. The van der Waals surface area contributed by atoms with E-state index >= 15 is 0 Å². The Hall–Kier alpha value is -2.21. The van der Waals surface area contributed by atoms with Crippen molar-refractivity contribution in [3.8, 4) is 5.82 Å². The summed E-state index contributed by atoms with van der Waals surface area (Å²) in [5, 5.41) is 17.1. The molecule has 1 fully saturated rings. The zero-order chi connectivity index (χ0) is 14.7. The zero-order valence-corrected chi connectivity index (χ0v) is 11.7. The monoisotopic (exact) mass is 286 g/mol. The predicted octanol–water partition coefficient (Wildman–Crippen LogP) is 1.30. The van der Waals surface area contributed by atoms with Gasteiger partial charge < -0.3 is 10.4 Å². The third-order valence-corrected chi connectivity index (χ3v) is 3.82. The fraction of sp³-hybridized carbons (Fsp3) is 0.400. The van der Waals surface area contributed by atoms with Crippen molar-refractivity contribution in [2.75, 3.05) is 6.54 Å². The molecule has 21 heavy (non-hydrogen) atoms. The van der Waals surface area contributed by atoms with Crippen LogP contribution >= 0.6 is 0 Å². The molecule has 1 aliphatic rings. The van der Waals surface area contributed by atoms with Crippen LogP contribution in [0, 0.1) is 0 Å². The minimum absolute atomic E-state index is 0.274. The summed E-state index contributed by atoms with van der Waals surface area (Å²) in [5.41, 5.74) is -0.431. The molecule has 6 heteroatoms. The van der Waals surface area contributed by atoms with Crippen molar-refractivity contribution >= 4 is 5.91 Å². The number of hydrogen-bond donors (Lipinski definition) is 2. The highest BCUT2D eigenvalue weighted by molar-refractivity contribution is 5.92. The van der Waals surface area contributed by atoms with E-state index in [1.54, 1.807) is 41.3 Å². The first-order chi connectivity index (χ1) is 10.2. The smallest absolute Gasteiger partial charge is 0.270 e. The third-order valence-electron chi connectivity index (χ3n) is 3.82. The molecule has 2 aromatic rings. The van der Waals surface area contributed by atoms with Crippen molar-refractivity contribution in [3.05, 3.63) is 42.4 Å². The first-order valence-corrected chi connectivity index (χ1v) is 7.14. The summed E-state index contributed by atoms with van der Waals surface area (Å²) in [4.78, 5) is 16.4. The normalized spacial score (nSPS) is 16.8. The molecular formula is C15H18N4O2. The highest BCUT2D eigenvalue weighted by Crippen LogP contribution is 2.28. The molecule has 0 spiro atoms. The number of aromatic nitrogens is 3. The summed E-state index contributed by atoms with van der Waals surface area (Å²) < 4.78 is 1.60. The van der Waals surface area contributed by atoms with Crippen LogP contribution in [-0.4, -0.2) is 37.9 Å². The van der Waals surface area contributed by atoms with E-state index < -0.39 is 5.60 Å². The van der Waals surface area contributed by atoms with E-state index in [4.69, 9.17) is 0 Å². The zero-order valence-electron chi connectivity index (χ0n) is 11.7. The van der Waals surface area contributed by atoms with Crippen molar-refractivity contribution in [3.63, 3.8) is 0 Å². The summed E-state index contributed by atoms with van der Waals surface area (Å²) >= 11 is 0. The number of amides is 1. The second-order valence-corrected chi connectivity index (χ2v) is 5.45. The maximum Gasteiger partial charge on any atom is 0.270 e. The summed E-state index contributed by atoms with van der Waals surface area (Å²) in [6.07, 6.45) is 6.94. The van der Waals surface area contributed by atoms with Crippen LogP contribution in [-0.2, 0) is 0 Å². The molecule has 1 amide bonds. The van der Waals surface area contributed by atoms with Crippen LogP contribution in [0.3, 0.4) is 0 Å². The van der Waals surface area contributed by atoms with Crippen molar-refractivity contribution < 1.29 is 9.90 Å². The maximum atomic E-state index is 12.2. The number of nitrogens with one attached hydrogen (secondary N) is 1. The lowest BCUT2D eigenvalue weighted by Gasteiger charge is -2.22. The second kappa shape index (κ2) is 5.65. The van der Waals surface area contributed by atoms with Crippen molar-refractivity contribution in [1.82, 2.24) is 20.1 Å². The van der Waals surface area contributed by atoms with Gasteiger partial charge in [0.05, 0.1) is 5.60 Å². The largest absolute Gasteiger partial charge is 0.388 e. The van der Waals surface area contributed by atoms with Gasteiger partial charge in [0.2, 0.25) is 0 Å². The first-order valence-electron chi connectivity index (χ1n) is 7.14. The molecule has 2 N–H and O–H groups in total. The van der Waals surface area contributed by atoms with E-state index in [-0.39, 0.29) is 12.5 Å². The van der Waals surface area contributed by atoms with Gasteiger partial charge in [0.25, 0.3) is 5.91 Å². The van der Waals surface area contributed by atoms with E-state index in [2.05, 4.69) is 15.4 Å². The molecule has 0 bridgehead atoms. The molecule has 1 saturated carbocycles. The molecule has 0 saturated heterocycles. The highest BCUT2D eigenvalue weighted by atomic mass is 16.3. The minimum atomic E-state index is -0.755. The Kier molecular flexibility index (Phi) is 3.70. The number of hydrogen-bond acceptors (Lipinski definition) is 4. The van der Waals surface area contributed by atoms with E-state index in [0.717, 1.165) is 25.7 Å². The van der Waals surface area contributed by atoms with Crippen LogP contribution < -0.4 is 5.32 Å². The van der Waals surface area contributed by atoms with Crippen LogP contribution in [0.15, 0.2) is 36.7 Å². The molecule has 0 aromatic carbocycles. The number of aliphatic hydroxyl groups is 1.